The fraction of sp³-hybridized carbons (Fsp3) is 1.00. The molecule has 0 radical (unpaired) electrons. The molecule has 3 aliphatic heterocycles. The van der Waals surface area contributed by atoms with Crippen molar-refractivity contribution >= 4 is 0 Å². The summed E-state index contributed by atoms with van der Waals surface area (Å²) in [6.07, 6.45) is 0.0462. The molecule has 3 aliphatic rings. The number of hydrogen-bond acceptors (Lipinski definition) is 6. The fourth-order valence-electron chi connectivity index (χ4n) is 2.03. The molecule has 4 unspecified atom stereocenters. The minimum atomic E-state index is -0.209. The van der Waals surface area contributed by atoms with Gasteiger partial charge in [-0.25, -0.2) is 0 Å². The highest BCUT2D eigenvalue weighted by atomic mass is 16.6. The number of ether oxygens (including phenoxy) is 1. The highest BCUT2D eigenvalue weighted by Crippen LogP contribution is 2.32. The van der Waals surface area contributed by atoms with E-state index in [0.29, 0.717) is 0 Å². The van der Waals surface area contributed by atoms with Crippen molar-refractivity contribution in [1.82, 2.24) is 21.3 Å². The van der Waals surface area contributed by atoms with Gasteiger partial charge >= 0.3 is 0 Å². The van der Waals surface area contributed by atoms with Gasteiger partial charge in [0.2, 0.25) is 0 Å². The van der Waals surface area contributed by atoms with Crippen LogP contribution in [-0.4, -0.2) is 37.5 Å². The Morgan fingerprint density at radius 1 is 1.42 bits per heavy atom. The van der Waals surface area contributed by atoms with Crippen LogP contribution in [-0.2, 0) is 4.74 Å². The van der Waals surface area contributed by atoms with Crippen molar-refractivity contribution in [2.24, 2.45) is 5.73 Å². The van der Waals surface area contributed by atoms with Crippen LogP contribution < -0.4 is 27.0 Å². The number of rotatable bonds is 0. The third-order valence-electron chi connectivity index (χ3n) is 2.69. The number of epoxide rings is 1. The molecule has 0 saturated carbocycles. The van der Waals surface area contributed by atoms with E-state index in [-0.39, 0.29) is 24.2 Å². The highest BCUT2D eigenvalue weighted by molar-refractivity contribution is 5.10. The first-order valence-electron chi connectivity index (χ1n) is 4.20. The molecule has 6 heteroatoms. The lowest BCUT2D eigenvalue weighted by Crippen LogP contribution is -2.73. The first-order chi connectivity index (χ1) is 5.80. The van der Waals surface area contributed by atoms with Gasteiger partial charge in [-0.1, -0.05) is 0 Å². The summed E-state index contributed by atoms with van der Waals surface area (Å²) in [5, 5.41) is 12.9. The maximum absolute atomic E-state index is 5.74. The predicted octanol–water partition coefficient (Wildman–Crippen LogP) is -3.01. The zero-order valence-electron chi connectivity index (χ0n) is 6.63. The van der Waals surface area contributed by atoms with Crippen molar-refractivity contribution in [3.05, 3.63) is 0 Å². The lowest BCUT2D eigenvalue weighted by molar-refractivity contribution is 0.110. The normalized spacial score (nSPS) is 57.2. The maximum atomic E-state index is 5.74. The van der Waals surface area contributed by atoms with Crippen LogP contribution in [0.25, 0.3) is 0 Å². The molecule has 6 nitrogen and oxygen atoms in total. The lowest BCUT2D eigenvalue weighted by atomic mass is 10.1. The molecule has 0 aromatic rings. The Kier molecular flexibility index (Phi) is 1.30. The standard InChI is InChI=1S/C6H13N5O/c7-5-10-4-3(8-2-9-4)6(11-5)1-12-6/h3-5,8-11H,1-2,7H2. The molecule has 12 heavy (non-hydrogen) atoms. The smallest absolute Gasteiger partial charge is 0.163 e. The Labute approximate surface area is 70.2 Å². The summed E-state index contributed by atoms with van der Waals surface area (Å²) in [6.45, 7) is 1.56. The van der Waals surface area contributed by atoms with Gasteiger partial charge in [0.05, 0.1) is 18.8 Å². The molecule has 0 aromatic carbocycles. The van der Waals surface area contributed by atoms with Crippen molar-refractivity contribution in [3.8, 4) is 0 Å². The summed E-state index contributed by atoms with van der Waals surface area (Å²) < 4.78 is 5.39. The Hall–Kier alpha value is -0.240. The van der Waals surface area contributed by atoms with Crippen LogP contribution >= 0.6 is 0 Å². The second-order valence-electron chi connectivity index (χ2n) is 3.51. The van der Waals surface area contributed by atoms with Crippen molar-refractivity contribution in [1.29, 1.82) is 0 Å². The van der Waals surface area contributed by atoms with Gasteiger partial charge in [-0.15, -0.1) is 0 Å². The number of nitrogens with one attached hydrogen (secondary N) is 4. The zero-order valence-corrected chi connectivity index (χ0v) is 6.63. The van der Waals surface area contributed by atoms with Crippen LogP contribution in [0.15, 0.2) is 0 Å². The molecule has 3 rings (SSSR count). The van der Waals surface area contributed by atoms with Gasteiger partial charge in [-0.2, -0.15) is 0 Å². The average molecular weight is 171 g/mol. The molecule has 3 fully saturated rings. The third-order valence-corrected chi connectivity index (χ3v) is 2.69. The maximum Gasteiger partial charge on any atom is 0.163 e. The Balaban J connectivity index is 1.85. The van der Waals surface area contributed by atoms with Crippen molar-refractivity contribution < 1.29 is 4.74 Å². The van der Waals surface area contributed by atoms with Crippen LogP contribution in [0.1, 0.15) is 0 Å². The monoisotopic (exact) mass is 171 g/mol. The van der Waals surface area contributed by atoms with Gasteiger partial charge in [0.1, 0.15) is 6.29 Å². The number of hydrogen-bond donors (Lipinski definition) is 5. The molecular formula is C6H13N5O. The van der Waals surface area contributed by atoms with Crippen molar-refractivity contribution in [2.75, 3.05) is 13.3 Å². The summed E-state index contributed by atoms with van der Waals surface area (Å²) in [5.41, 5.74) is 5.53. The molecule has 4 atom stereocenters. The largest absolute Gasteiger partial charge is 0.352 e. The number of nitrogens with two attached hydrogens (primary N) is 1. The Morgan fingerprint density at radius 2 is 2.25 bits per heavy atom. The van der Waals surface area contributed by atoms with Crippen LogP contribution in [0.3, 0.4) is 0 Å². The topological polar surface area (TPSA) is 86.7 Å². The van der Waals surface area contributed by atoms with E-state index in [1.807, 2.05) is 0 Å². The third kappa shape index (κ3) is 0.846. The lowest BCUT2D eigenvalue weighted by Gasteiger charge is -2.36. The van der Waals surface area contributed by atoms with Gasteiger partial charge in [-0.3, -0.25) is 21.3 Å². The Bertz CT molecular complexity index is 206. The van der Waals surface area contributed by atoms with Crippen molar-refractivity contribution in [3.63, 3.8) is 0 Å². The van der Waals surface area contributed by atoms with E-state index in [4.69, 9.17) is 10.5 Å². The molecule has 68 valence electrons. The molecule has 6 N–H and O–H groups in total. The second-order valence-corrected chi connectivity index (χ2v) is 3.51. The summed E-state index contributed by atoms with van der Waals surface area (Å²) in [7, 11) is 0. The highest BCUT2D eigenvalue weighted by Gasteiger charge is 2.59. The summed E-state index contributed by atoms with van der Waals surface area (Å²) in [6, 6.07) is 0.289. The first-order valence-corrected chi connectivity index (χ1v) is 4.20. The molecule has 0 amide bonds. The molecule has 0 aromatic heterocycles. The van der Waals surface area contributed by atoms with Gasteiger partial charge in [0.15, 0.2) is 5.72 Å². The van der Waals surface area contributed by atoms with E-state index in [9.17, 15) is 0 Å². The molecular weight excluding hydrogens is 158 g/mol. The second kappa shape index (κ2) is 2.16. The van der Waals surface area contributed by atoms with Crippen LogP contribution in [0, 0.1) is 0 Å². The fourth-order valence-corrected chi connectivity index (χ4v) is 2.03. The minimum absolute atomic E-state index is 0.179. The van der Waals surface area contributed by atoms with Gasteiger partial charge in [0.25, 0.3) is 0 Å². The summed E-state index contributed by atoms with van der Waals surface area (Å²) in [5.74, 6) is 0. The van der Waals surface area contributed by atoms with E-state index in [0.717, 1.165) is 13.3 Å². The molecule has 0 bridgehead atoms. The SMILES string of the molecule is NC1NC2NCNC2C2(CO2)N1. The predicted molar refractivity (Wildman–Crippen MR) is 41.6 cm³/mol. The molecule has 3 heterocycles. The van der Waals surface area contributed by atoms with Gasteiger partial charge in [-0.05, 0) is 0 Å². The Morgan fingerprint density at radius 3 is 3.00 bits per heavy atom. The molecule has 0 aliphatic carbocycles. The van der Waals surface area contributed by atoms with Crippen LogP contribution in [0.4, 0.5) is 0 Å². The van der Waals surface area contributed by atoms with Gasteiger partial charge in [0, 0.05) is 6.67 Å². The van der Waals surface area contributed by atoms with Crippen molar-refractivity contribution in [2.45, 2.75) is 24.2 Å². The quantitative estimate of drug-likeness (QED) is 0.250. The van der Waals surface area contributed by atoms with E-state index in [1.165, 1.54) is 0 Å². The summed E-state index contributed by atoms with van der Waals surface area (Å²) in [4.78, 5) is 0. The van der Waals surface area contributed by atoms with Gasteiger partial charge < -0.3 is 10.5 Å². The van der Waals surface area contributed by atoms with E-state index in [2.05, 4.69) is 21.3 Å². The van der Waals surface area contributed by atoms with E-state index < -0.39 is 0 Å². The zero-order chi connectivity index (χ0) is 8.18. The minimum Gasteiger partial charge on any atom is -0.352 e. The first kappa shape index (κ1) is 7.19. The molecule has 1 spiro atoms. The van der Waals surface area contributed by atoms with Crippen LogP contribution in [0.2, 0.25) is 0 Å². The van der Waals surface area contributed by atoms with E-state index in [1.54, 1.807) is 0 Å². The average Bonchev–Trinajstić information content (AvgIpc) is 2.62. The summed E-state index contributed by atoms with van der Waals surface area (Å²) >= 11 is 0. The number of fused-ring (bicyclic) bond motifs is 2. The van der Waals surface area contributed by atoms with E-state index >= 15 is 0 Å². The van der Waals surface area contributed by atoms with Crippen LogP contribution in [0.5, 0.6) is 0 Å². The molecule has 3 saturated heterocycles.